The zero-order chi connectivity index (χ0) is 15.2. The minimum Gasteiger partial charge on any atom is -0.324 e. The number of nitro groups is 1. The summed E-state index contributed by atoms with van der Waals surface area (Å²) >= 11 is 0. The van der Waals surface area contributed by atoms with Gasteiger partial charge >= 0.3 is 0 Å². The van der Waals surface area contributed by atoms with Crippen molar-refractivity contribution >= 4 is 17.3 Å². The molecule has 0 aliphatic heterocycles. The molecule has 1 aromatic carbocycles. The van der Waals surface area contributed by atoms with Crippen LogP contribution in [-0.4, -0.2) is 16.4 Å². The van der Waals surface area contributed by atoms with E-state index in [0.717, 1.165) is 12.8 Å². The number of hydrogen-bond acceptors (Lipinski definition) is 4. The molecule has 0 saturated heterocycles. The maximum Gasteiger partial charge on any atom is 0.269 e. The second-order valence-corrected chi connectivity index (χ2v) is 4.91. The Bertz CT molecular complexity index is 465. The molecule has 1 aromatic rings. The Balaban J connectivity index is 2.80. The molecule has 1 rings (SSSR count). The van der Waals surface area contributed by atoms with Gasteiger partial charge in [0.05, 0.1) is 10.5 Å². The molecule has 20 heavy (non-hydrogen) atoms. The fourth-order valence-corrected chi connectivity index (χ4v) is 2.17. The van der Waals surface area contributed by atoms with Crippen LogP contribution in [0.5, 0.6) is 0 Å². The molecule has 0 saturated carbocycles. The van der Waals surface area contributed by atoms with Crippen LogP contribution >= 0.6 is 0 Å². The van der Waals surface area contributed by atoms with Gasteiger partial charge in [-0.1, -0.05) is 26.7 Å². The van der Waals surface area contributed by atoms with Gasteiger partial charge in [0.15, 0.2) is 0 Å². The van der Waals surface area contributed by atoms with Gasteiger partial charge in [-0.2, -0.15) is 0 Å². The third-order valence-electron chi connectivity index (χ3n) is 3.18. The molecule has 0 aliphatic carbocycles. The van der Waals surface area contributed by atoms with Gasteiger partial charge in [0.2, 0.25) is 5.91 Å². The molecule has 0 unspecified atom stereocenters. The van der Waals surface area contributed by atoms with Gasteiger partial charge in [0, 0.05) is 17.8 Å². The predicted molar refractivity (Wildman–Crippen MR) is 78.5 cm³/mol. The number of nitrogens with zero attached hydrogens (tertiary/aromatic N) is 1. The molecule has 0 aromatic heterocycles. The lowest BCUT2D eigenvalue weighted by Crippen LogP contribution is -2.51. The molecule has 0 radical (unpaired) electrons. The van der Waals surface area contributed by atoms with Crippen molar-refractivity contribution < 1.29 is 9.72 Å². The quantitative estimate of drug-likeness (QED) is 0.592. The third kappa shape index (κ3) is 4.03. The summed E-state index contributed by atoms with van der Waals surface area (Å²) in [5, 5.41) is 13.3. The van der Waals surface area contributed by atoms with Crippen molar-refractivity contribution in [3.63, 3.8) is 0 Å². The van der Waals surface area contributed by atoms with Gasteiger partial charge in [-0.3, -0.25) is 14.9 Å². The standard InChI is InChI=1S/C14H21N3O3/c1-3-9-14(15,10-4-2)13(18)16-11-5-7-12(8-6-11)17(19)20/h5-8H,3-4,9-10,15H2,1-2H3,(H,16,18). The fourth-order valence-electron chi connectivity index (χ4n) is 2.17. The number of benzene rings is 1. The van der Waals surface area contributed by atoms with Crippen LogP contribution in [0.3, 0.4) is 0 Å². The van der Waals surface area contributed by atoms with E-state index in [1.807, 2.05) is 13.8 Å². The van der Waals surface area contributed by atoms with Crippen LogP contribution in [-0.2, 0) is 4.79 Å². The molecule has 0 fully saturated rings. The van der Waals surface area contributed by atoms with Gasteiger partial charge in [-0.05, 0) is 25.0 Å². The lowest BCUT2D eigenvalue weighted by atomic mass is 9.89. The molecule has 0 heterocycles. The van der Waals surface area contributed by atoms with Crippen LogP contribution < -0.4 is 11.1 Å². The SMILES string of the molecule is CCCC(N)(CCC)C(=O)Nc1ccc([N+](=O)[O-])cc1. The molecule has 0 atom stereocenters. The monoisotopic (exact) mass is 279 g/mol. The van der Waals surface area contributed by atoms with E-state index in [1.54, 1.807) is 0 Å². The highest BCUT2D eigenvalue weighted by molar-refractivity contribution is 5.98. The van der Waals surface area contributed by atoms with Gasteiger partial charge < -0.3 is 11.1 Å². The van der Waals surface area contributed by atoms with Crippen molar-refractivity contribution in [2.75, 3.05) is 5.32 Å². The molecule has 0 bridgehead atoms. The van der Waals surface area contributed by atoms with E-state index in [0.29, 0.717) is 18.5 Å². The number of anilines is 1. The first-order valence-electron chi connectivity index (χ1n) is 6.77. The molecular weight excluding hydrogens is 258 g/mol. The Morgan fingerprint density at radius 3 is 2.15 bits per heavy atom. The molecule has 110 valence electrons. The summed E-state index contributed by atoms with van der Waals surface area (Å²) in [5.74, 6) is -0.241. The van der Waals surface area contributed by atoms with E-state index >= 15 is 0 Å². The summed E-state index contributed by atoms with van der Waals surface area (Å²) in [4.78, 5) is 22.3. The first-order valence-corrected chi connectivity index (χ1v) is 6.77. The zero-order valence-electron chi connectivity index (χ0n) is 11.9. The second kappa shape index (κ2) is 7.00. The second-order valence-electron chi connectivity index (χ2n) is 4.91. The summed E-state index contributed by atoms with van der Waals surface area (Å²) < 4.78 is 0. The summed E-state index contributed by atoms with van der Waals surface area (Å²) in [6, 6.07) is 5.73. The van der Waals surface area contributed by atoms with Gasteiger partial charge in [-0.15, -0.1) is 0 Å². The first-order chi connectivity index (χ1) is 9.42. The molecule has 3 N–H and O–H groups in total. The largest absolute Gasteiger partial charge is 0.324 e. The van der Waals surface area contributed by atoms with Crippen molar-refractivity contribution in [3.8, 4) is 0 Å². The summed E-state index contributed by atoms with van der Waals surface area (Å²) in [5.41, 5.74) is 5.79. The smallest absolute Gasteiger partial charge is 0.269 e. The number of hydrogen-bond donors (Lipinski definition) is 2. The Hall–Kier alpha value is -1.95. The average Bonchev–Trinajstić information content (AvgIpc) is 2.39. The lowest BCUT2D eigenvalue weighted by Gasteiger charge is -2.27. The van der Waals surface area contributed by atoms with E-state index in [4.69, 9.17) is 5.73 Å². The van der Waals surface area contributed by atoms with E-state index < -0.39 is 10.5 Å². The molecule has 6 nitrogen and oxygen atoms in total. The predicted octanol–water partition coefficient (Wildman–Crippen LogP) is 2.83. The molecule has 0 aliphatic rings. The number of rotatable bonds is 7. The highest BCUT2D eigenvalue weighted by atomic mass is 16.6. The summed E-state index contributed by atoms with van der Waals surface area (Å²) in [7, 11) is 0. The zero-order valence-corrected chi connectivity index (χ0v) is 11.9. The van der Waals surface area contributed by atoms with Crippen LogP contribution in [0.4, 0.5) is 11.4 Å². The van der Waals surface area contributed by atoms with Gasteiger partial charge in [0.1, 0.15) is 0 Å². The maximum atomic E-state index is 12.3. The number of carbonyl (C=O) groups is 1. The van der Waals surface area contributed by atoms with Crippen molar-refractivity contribution in [1.82, 2.24) is 0 Å². The number of non-ortho nitro benzene ring substituents is 1. The highest BCUT2D eigenvalue weighted by Crippen LogP contribution is 2.21. The minimum absolute atomic E-state index is 0.0101. The number of nitro benzene ring substituents is 1. The Morgan fingerprint density at radius 2 is 1.75 bits per heavy atom. The van der Waals surface area contributed by atoms with Crippen LogP contribution in [0.2, 0.25) is 0 Å². The number of nitrogens with one attached hydrogen (secondary N) is 1. The Labute approximate surface area is 118 Å². The fraction of sp³-hybridized carbons (Fsp3) is 0.500. The van der Waals surface area contributed by atoms with Crippen molar-refractivity contribution in [2.24, 2.45) is 5.73 Å². The lowest BCUT2D eigenvalue weighted by molar-refractivity contribution is -0.384. The Kier molecular flexibility index (Phi) is 5.64. The van der Waals surface area contributed by atoms with E-state index in [1.165, 1.54) is 24.3 Å². The average molecular weight is 279 g/mol. The van der Waals surface area contributed by atoms with Crippen molar-refractivity contribution in [3.05, 3.63) is 34.4 Å². The number of nitrogens with two attached hydrogens (primary N) is 1. The van der Waals surface area contributed by atoms with E-state index in [9.17, 15) is 14.9 Å². The van der Waals surface area contributed by atoms with Crippen LogP contribution in [0.15, 0.2) is 24.3 Å². The van der Waals surface area contributed by atoms with E-state index in [-0.39, 0.29) is 11.6 Å². The molecular formula is C14H21N3O3. The van der Waals surface area contributed by atoms with Crippen molar-refractivity contribution in [2.45, 2.75) is 45.1 Å². The van der Waals surface area contributed by atoms with Crippen LogP contribution in [0.1, 0.15) is 39.5 Å². The normalized spacial score (nSPS) is 11.2. The van der Waals surface area contributed by atoms with Gasteiger partial charge in [0.25, 0.3) is 5.69 Å². The summed E-state index contributed by atoms with van der Waals surface area (Å²) in [6.07, 6.45) is 2.87. The molecule has 6 heteroatoms. The number of amides is 1. The Morgan fingerprint density at radius 1 is 1.25 bits per heavy atom. The van der Waals surface area contributed by atoms with E-state index in [2.05, 4.69) is 5.32 Å². The van der Waals surface area contributed by atoms with Crippen LogP contribution in [0, 0.1) is 10.1 Å². The maximum absolute atomic E-state index is 12.3. The molecule has 0 spiro atoms. The summed E-state index contributed by atoms with van der Waals surface area (Å²) in [6.45, 7) is 3.97. The third-order valence-corrected chi connectivity index (χ3v) is 3.18. The van der Waals surface area contributed by atoms with Gasteiger partial charge in [-0.25, -0.2) is 0 Å². The van der Waals surface area contributed by atoms with Crippen molar-refractivity contribution in [1.29, 1.82) is 0 Å². The topological polar surface area (TPSA) is 98.3 Å². The van der Waals surface area contributed by atoms with Crippen LogP contribution in [0.25, 0.3) is 0 Å². The molecule has 1 amide bonds. The first kappa shape index (κ1) is 16.1. The number of carbonyl (C=O) groups excluding carboxylic acids is 1. The highest BCUT2D eigenvalue weighted by Gasteiger charge is 2.32. The minimum atomic E-state index is -0.884.